The number of sulfonamides is 1. The van der Waals surface area contributed by atoms with Crippen LogP contribution >= 0.6 is 0 Å². The van der Waals surface area contributed by atoms with Gasteiger partial charge in [-0.3, -0.25) is 9.59 Å². The SMILES string of the molecule is CCCCS(=O)(=O)N[C@H](CO)C(=O)O.C[C@H](N)C(=O)O.N#Cc1ccc(CN)cc1. The maximum Gasteiger partial charge on any atom is 0.324 e. The first-order valence-corrected chi connectivity index (χ1v) is 10.6. The lowest BCUT2D eigenvalue weighted by atomic mass is 10.1. The number of nitrogens with two attached hydrogens (primary N) is 2. The van der Waals surface area contributed by atoms with Crippen molar-refractivity contribution in [3.05, 3.63) is 35.4 Å². The number of nitriles is 1. The van der Waals surface area contributed by atoms with E-state index in [0.717, 1.165) is 5.56 Å². The monoisotopic (exact) mass is 446 g/mol. The molecule has 12 heteroatoms. The van der Waals surface area contributed by atoms with Crippen LogP contribution in [0.2, 0.25) is 0 Å². The van der Waals surface area contributed by atoms with Crippen LogP contribution in [0.4, 0.5) is 0 Å². The van der Waals surface area contributed by atoms with Crippen LogP contribution in [0.15, 0.2) is 24.3 Å². The Kier molecular flexibility index (Phi) is 16.1. The number of unbranched alkanes of at least 4 members (excludes halogenated alkanes) is 1. The number of carboxylic acids is 2. The first-order chi connectivity index (χ1) is 13.9. The highest BCUT2D eigenvalue weighted by molar-refractivity contribution is 7.89. The molecule has 0 aromatic heterocycles. The number of hydrogen-bond acceptors (Lipinski definition) is 8. The second kappa shape index (κ2) is 16.3. The number of nitrogens with one attached hydrogen (secondary N) is 1. The average molecular weight is 447 g/mol. The number of aliphatic carboxylic acids is 2. The zero-order valence-electron chi connectivity index (χ0n) is 17.0. The maximum atomic E-state index is 11.2. The van der Waals surface area contributed by atoms with Crippen LogP contribution in [-0.4, -0.2) is 60.1 Å². The highest BCUT2D eigenvalue weighted by Crippen LogP contribution is 2.01. The fraction of sp³-hybridized carbons (Fsp3) is 0.500. The molecule has 0 fully saturated rings. The van der Waals surface area contributed by atoms with Gasteiger partial charge in [0.2, 0.25) is 10.0 Å². The molecule has 1 rings (SSSR count). The van der Waals surface area contributed by atoms with Crippen molar-refractivity contribution in [2.45, 2.75) is 45.3 Å². The number of carboxylic acid groups (broad SMARTS) is 2. The molecule has 0 aliphatic carbocycles. The van der Waals surface area contributed by atoms with E-state index in [1.165, 1.54) is 6.92 Å². The van der Waals surface area contributed by atoms with Gasteiger partial charge in [0.1, 0.15) is 12.1 Å². The van der Waals surface area contributed by atoms with Crippen molar-refractivity contribution < 1.29 is 33.3 Å². The summed E-state index contributed by atoms with van der Waals surface area (Å²) in [5, 5.41) is 33.3. The van der Waals surface area contributed by atoms with Gasteiger partial charge in [-0.1, -0.05) is 25.5 Å². The highest BCUT2D eigenvalue weighted by Gasteiger charge is 2.22. The van der Waals surface area contributed by atoms with E-state index in [9.17, 15) is 18.0 Å². The van der Waals surface area contributed by atoms with E-state index in [1.807, 2.05) is 29.8 Å². The molecule has 11 nitrogen and oxygen atoms in total. The zero-order valence-corrected chi connectivity index (χ0v) is 17.8. The molecule has 170 valence electrons. The molecule has 0 saturated heterocycles. The van der Waals surface area contributed by atoms with Crippen molar-refractivity contribution in [3.8, 4) is 6.07 Å². The van der Waals surface area contributed by atoms with Crippen molar-refractivity contribution >= 4 is 22.0 Å². The molecule has 0 aliphatic rings. The molecule has 2 atom stereocenters. The predicted molar refractivity (Wildman–Crippen MR) is 111 cm³/mol. The van der Waals surface area contributed by atoms with E-state index in [-0.39, 0.29) is 5.75 Å². The molecule has 30 heavy (non-hydrogen) atoms. The van der Waals surface area contributed by atoms with E-state index in [1.54, 1.807) is 12.1 Å². The van der Waals surface area contributed by atoms with Crippen molar-refractivity contribution in [2.75, 3.05) is 12.4 Å². The van der Waals surface area contributed by atoms with Gasteiger partial charge < -0.3 is 26.8 Å². The Bertz CT molecular complexity index is 775. The summed E-state index contributed by atoms with van der Waals surface area (Å²) in [7, 11) is -3.59. The first-order valence-electron chi connectivity index (χ1n) is 8.95. The second-order valence-corrected chi connectivity index (χ2v) is 7.88. The van der Waals surface area contributed by atoms with E-state index >= 15 is 0 Å². The molecule has 1 aromatic rings. The van der Waals surface area contributed by atoms with E-state index in [0.29, 0.717) is 24.9 Å². The highest BCUT2D eigenvalue weighted by atomic mass is 32.2. The molecule has 0 aliphatic heterocycles. The lowest BCUT2D eigenvalue weighted by Gasteiger charge is -2.11. The molecule has 0 radical (unpaired) electrons. The summed E-state index contributed by atoms with van der Waals surface area (Å²) in [5.41, 5.74) is 11.9. The van der Waals surface area contributed by atoms with Gasteiger partial charge in [-0.25, -0.2) is 8.42 Å². The number of nitrogens with zero attached hydrogens (tertiary/aromatic N) is 1. The number of hydrogen-bond donors (Lipinski definition) is 6. The molecule has 0 unspecified atom stereocenters. The first kappa shape index (κ1) is 29.6. The Morgan fingerprint density at radius 3 is 2.00 bits per heavy atom. The summed E-state index contributed by atoms with van der Waals surface area (Å²) in [4.78, 5) is 20.0. The van der Waals surface area contributed by atoms with Crippen molar-refractivity contribution in [1.82, 2.24) is 4.72 Å². The molecule has 8 N–H and O–H groups in total. The summed E-state index contributed by atoms with van der Waals surface area (Å²) >= 11 is 0. The van der Waals surface area contributed by atoms with Gasteiger partial charge in [0, 0.05) is 6.54 Å². The molecule has 0 spiro atoms. The molecular weight excluding hydrogens is 416 g/mol. The standard InChI is InChI=1S/C8H8N2.C7H15NO5S.C3H7NO2/c9-5-7-1-2-8(6-10)4-3-7;1-2-3-4-14(12,13)8-6(5-9)7(10)11;1-2(4)3(5)6/h1-4H,5,9H2;6,8-9H,2-5H2,1H3,(H,10,11);2H,4H2,1H3,(H,5,6)/t;6-;2-/m.10/s1. The fourth-order valence-corrected chi connectivity index (χ4v) is 2.89. The van der Waals surface area contributed by atoms with Crippen LogP contribution in [0.25, 0.3) is 0 Å². The van der Waals surface area contributed by atoms with Crippen molar-refractivity contribution in [3.63, 3.8) is 0 Å². The van der Waals surface area contributed by atoms with Crippen LogP contribution < -0.4 is 16.2 Å². The lowest BCUT2D eigenvalue weighted by Crippen LogP contribution is -2.44. The van der Waals surface area contributed by atoms with Gasteiger partial charge in [-0.2, -0.15) is 9.98 Å². The smallest absolute Gasteiger partial charge is 0.324 e. The van der Waals surface area contributed by atoms with Crippen LogP contribution in [0, 0.1) is 11.3 Å². The third-order valence-electron chi connectivity index (χ3n) is 3.28. The molecule has 0 heterocycles. The number of rotatable bonds is 9. The summed E-state index contributed by atoms with van der Waals surface area (Å²) in [6.07, 6.45) is 1.17. The molecule has 0 bridgehead atoms. The topological polar surface area (TPSA) is 217 Å². The lowest BCUT2D eigenvalue weighted by molar-refractivity contribution is -0.140. The fourth-order valence-electron chi connectivity index (χ4n) is 1.49. The Balaban J connectivity index is 0. The quantitative estimate of drug-likeness (QED) is 0.288. The summed E-state index contributed by atoms with van der Waals surface area (Å²) < 4.78 is 24.3. The Morgan fingerprint density at radius 1 is 1.20 bits per heavy atom. The van der Waals surface area contributed by atoms with Crippen molar-refractivity contribution in [1.29, 1.82) is 5.26 Å². The summed E-state index contributed by atoms with van der Waals surface area (Å²) in [5.74, 6) is -2.46. The van der Waals surface area contributed by atoms with Crippen LogP contribution in [0.3, 0.4) is 0 Å². The Morgan fingerprint density at radius 2 is 1.70 bits per heavy atom. The third-order valence-corrected chi connectivity index (χ3v) is 4.75. The van der Waals surface area contributed by atoms with Gasteiger partial charge in [0.15, 0.2) is 0 Å². The average Bonchev–Trinajstić information content (AvgIpc) is 2.71. The molecular formula is C18H30N4O7S. The molecule has 0 amide bonds. The van der Waals surface area contributed by atoms with E-state index in [4.69, 9.17) is 32.0 Å². The number of carbonyl (C=O) groups is 2. The maximum absolute atomic E-state index is 11.2. The van der Waals surface area contributed by atoms with Gasteiger partial charge in [-0.05, 0) is 31.0 Å². The Hall–Kier alpha value is -2.56. The number of aliphatic hydroxyl groups excluding tert-OH is 1. The largest absolute Gasteiger partial charge is 0.480 e. The second-order valence-electron chi connectivity index (χ2n) is 6.00. The van der Waals surface area contributed by atoms with Gasteiger partial charge >= 0.3 is 11.9 Å². The summed E-state index contributed by atoms with van der Waals surface area (Å²) in [6.45, 7) is 3.03. The van der Waals surface area contributed by atoms with Gasteiger partial charge in [0.25, 0.3) is 0 Å². The van der Waals surface area contributed by atoms with Crippen LogP contribution in [0.1, 0.15) is 37.8 Å². The third kappa shape index (κ3) is 15.4. The van der Waals surface area contributed by atoms with Gasteiger partial charge in [0.05, 0.1) is 24.0 Å². The van der Waals surface area contributed by atoms with E-state index in [2.05, 4.69) is 0 Å². The number of benzene rings is 1. The number of aliphatic hydroxyl groups is 1. The van der Waals surface area contributed by atoms with Crippen LogP contribution in [-0.2, 0) is 26.2 Å². The molecule has 0 saturated carbocycles. The summed E-state index contributed by atoms with van der Waals surface area (Å²) in [6, 6.07) is 7.11. The minimum absolute atomic E-state index is 0.118. The zero-order chi connectivity index (χ0) is 23.7. The van der Waals surface area contributed by atoms with Crippen LogP contribution in [0.5, 0.6) is 0 Å². The van der Waals surface area contributed by atoms with Gasteiger partial charge in [-0.15, -0.1) is 0 Å². The minimum Gasteiger partial charge on any atom is -0.480 e. The Labute approximate surface area is 176 Å². The predicted octanol–water partition coefficient (Wildman–Crippen LogP) is -0.413. The minimum atomic E-state index is -3.59. The van der Waals surface area contributed by atoms with Crippen molar-refractivity contribution in [2.24, 2.45) is 11.5 Å². The van der Waals surface area contributed by atoms with E-state index < -0.39 is 40.7 Å². The molecule has 1 aromatic carbocycles. The normalized spacial score (nSPS) is 12.1.